The Kier molecular flexibility index (Phi) is 5.17. The first kappa shape index (κ1) is 16.1. The zero-order chi connectivity index (χ0) is 16.8. The fraction of sp³-hybridized carbons (Fsp3) is 0.375. The molecule has 0 bridgehead atoms. The fourth-order valence-corrected chi connectivity index (χ4v) is 2.41. The number of morpholine rings is 1. The Morgan fingerprint density at radius 1 is 1.25 bits per heavy atom. The van der Waals surface area contributed by atoms with Gasteiger partial charge in [0.15, 0.2) is 0 Å². The van der Waals surface area contributed by atoms with Gasteiger partial charge in [-0.2, -0.15) is 5.10 Å². The number of pyridine rings is 1. The predicted octanol–water partition coefficient (Wildman–Crippen LogP) is -0.209. The topological polar surface area (TPSA) is 89.4 Å². The Hall–Kier alpha value is -2.74. The molecule has 0 radical (unpaired) electrons. The predicted molar refractivity (Wildman–Crippen MR) is 87.6 cm³/mol. The molecule has 126 valence electrons. The van der Waals surface area contributed by atoms with Gasteiger partial charge < -0.3 is 15.0 Å². The van der Waals surface area contributed by atoms with E-state index in [4.69, 9.17) is 4.74 Å². The minimum Gasteiger partial charge on any atom is -0.378 e. The van der Waals surface area contributed by atoms with Crippen LogP contribution in [0.15, 0.2) is 41.5 Å². The van der Waals surface area contributed by atoms with Gasteiger partial charge in [-0.05, 0) is 17.7 Å². The Labute approximate surface area is 139 Å². The number of rotatable bonds is 5. The van der Waals surface area contributed by atoms with E-state index >= 15 is 0 Å². The van der Waals surface area contributed by atoms with Gasteiger partial charge in [-0.3, -0.25) is 14.6 Å². The molecular formula is C16H19N5O3. The number of hydrogen-bond acceptors (Lipinski definition) is 6. The van der Waals surface area contributed by atoms with Crippen molar-refractivity contribution in [1.29, 1.82) is 0 Å². The number of hydrogen-bond donors (Lipinski definition) is 1. The molecular weight excluding hydrogens is 310 g/mol. The highest BCUT2D eigenvalue weighted by atomic mass is 16.5. The number of anilines is 1. The molecule has 1 aliphatic rings. The number of ether oxygens (including phenoxy) is 1. The summed E-state index contributed by atoms with van der Waals surface area (Å²) in [5.74, 6) is 0.408. The summed E-state index contributed by atoms with van der Waals surface area (Å²) in [6, 6.07) is 6.79. The maximum atomic E-state index is 12.1. The molecule has 8 heteroatoms. The van der Waals surface area contributed by atoms with Crippen LogP contribution in [0.25, 0.3) is 0 Å². The molecule has 2 aromatic heterocycles. The lowest BCUT2D eigenvalue weighted by Crippen LogP contribution is -2.39. The van der Waals surface area contributed by atoms with E-state index in [2.05, 4.69) is 15.4 Å². The molecule has 3 heterocycles. The first-order valence-corrected chi connectivity index (χ1v) is 7.79. The van der Waals surface area contributed by atoms with Crippen LogP contribution in [0.1, 0.15) is 5.56 Å². The van der Waals surface area contributed by atoms with Crippen LogP contribution in [0.4, 0.5) is 5.82 Å². The minimum absolute atomic E-state index is 0.114. The van der Waals surface area contributed by atoms with Crippen LogP contribution in [-0.2, 0) is 22.6 Å². The van der Waals surface area contributed by atoms with Gasteiger partial charge in [0.05, 0.1) is 13.2 Å². The van der Waals surface area contributed by atoms with Crippen molar-refractivity contribution in [1.82, 2.24) is 20.1 Å². The highest BCUT2D eigenvalue weighted by Crippen LogP contribution is 2.09. The van der Waals surface area contributed by atoms with Crippen molar-refractivity contribution in [2.24, 2.45) is 0 Å². The number of carbonyl (C=O) groups is 1. The van der Waals surface area contributed by atoms with E-state index in [1.165, 1.54) is 10.7 Å². The van der Waals surface area contributed by atoms with Gasteiger partial charge in [0, 0.05) is 38.1 Å². The molecule has 1 amide bonds. The van der Waals surface area contributed by atoms with Crippen LogP contribution in [-0.4, -0.2) is 47.0 Å². The molecule has 0 atom stereocenters. The van der Waals surface area contributed by atoms with E-state index in [0.717, 1.165) is 18.7 Å². The van der Waals surface area contributed by atoms with Crippen molar-refractivity contribution in [2.45, 2.75) is 13.1 Å². The van der Waals surface area contributed by atoms with E-state index in [9.17, 15) is 9.59 Å². The van der Waals surface area contributed by atoms with Crippen LogP contribution in [0, 0.1) is 0 Å². The van der Waals surface area contributed by atoms with E-state index in [-0.39, 0.29) is 18.0 Å². The van der Waals surface area contributed by atoms with Crippen LogP contribution in [0.5, 0.6) is 0 Å². The number of amides is 1. The SMILES string of the molecule is O=C(Cn1nc(N2CCOCC2)ccc1=O)NCc1cccnc1. The van der Waals surface area contributed by atoms with Gasteiger partial charge in [0.2, 0.25) is 5.91 Å². The summed E-state index contributed by atoms with van der Waals surface area (Å²) in [4.78, 5) is 30.0. The van der Waals surface area contributed by atoms with Crippen LogP contribution < -0.4 is 15.8 Å². The van der Waals surface area contributed by atoms with Crippen molar-refractivity contribution in [3.05, 3.63) is 52.6 Å². The molecule has 0 aromatic carbocycles. The summed E-state index contributed by atoms with van der Waals surface area (Å²) in [5, 5.41) is 7.05. The second-order valence-corrected chi connectivity index (χ2v) is 5.42. The van der Waals surface area contributed by atoms with E-state index < -0.39 is 0 Å². The molecule has 2 aromatic rings. The Morgan fingerprint density at radius 2 is 2.08 bits per heavy atom. The highest BCUT2D eigenvalue weighted by molar-refractivity contribution is 5.75. The van der Waals surface area contributed by atoms with Crippen LogP contribution >= 0.6 is 0 Å². The highest BCUT2D eigenvalue weighted by Gasteiger charge is 2.14. The summed E-state index contributed by atoms with van der Waals surface area (Å²) in [7, 11) is 0. The maximum Gasteiger partial charge on any atom is 0.267 e. The number of carbonyl (C=O) groups excluding carboxylic acids is 1. The molecule has 0 saturated carbocycles. The third kappa shape index (κ3) is 4.17. The second-order valence-electron chi connectivity index (χ2n) is 5.42. The normalized spacial score (nSPS) is 14.4. The van der Waals surface area contributed by atoms with Gasteiger partial charge in [0.1, 0.15) is 12.4 Å². The lowest BCUT2D eigenvalue weighted by molar-refractivity contribution is -0.122. The summed E-state index contributed by atoms with van der Waals surface area (Å²) in [5.41, 5.74) is 0.594. The molecule has 1 fully saturated rings. The summed E-state index contributed by atoms with van der Waals surface area (Å²) < 4.78 is 6.49. The Balaban J connectivity index is 1.63. The third-order valence-corrected chi connectivity index (χ3v) is 3.69. The summed E-state index contributed by atoms with van der Waals surface area (Å²) in [6.45, 7) is 2.96. The summed E-state index contributed by atoms with van der Waals surface area (Å²) in [6.07, 6.45) is 3.36. The molecule has 8 nitrogen and oxygen atoms in total. The largest absolute Gasteiger partial charge is 0.378 e. The molecule has 1 aliphatic heterocycles. The molecule has 3 rings (SSSR count). The monoisotopic (exact) mass is 329 g/mol. The van der Waals surface area contributed by atoms with E-state index in [1.807, 2.05) is 11.0 Å². The number of nitrogens with one attached hydrogen (secondary N) is 1. The van der Waals surface area contributed by atoms with Crippen molar-refractivity contribution in [3.8, 4) is 0 Å². The fourth-order valence-electron chi connectivity index (χ4n) is 2.41. The number of aromatic nitrogens is 3. The first-order valence-electron chi connectivity index (χ1n) is 7.79. The lowest BCUT2D eigenvalue weighted by atomic mass is 10.3. The second kappa shape index (κ2) is 7.69. The van der Waals surface area contributed by atoms with Crippen molar-refractivity contribution in [3.63, 3.8) is 0 Å². The lowest BCUT2D eigenvalue weighted by Gasteiger charge is -2.27. The summed E-state index contributed by atoms with van der Waals surface area (Å²) >= 11 is 0. The maximum absolute atomic E-state index is 12.1. The molecule has 0 aliphatic carbocycles. The van der Waals surface area contributed by atoms with Gasteiger partial charge in [0.25, 0.3) is 5.56 Å². The van der Waals surface area contributed by atoms with Gasteiger partial charge in [-0.15, -0.1) is 0 Å². The van der Waals surface area contributed by atoms with Gasteiger partial charge >= 0.3 is 0 Å². The van der Waals surface area contributed by atoms with Crippen molar-refractivity contribution < 1.29 is 9.53 Å². The Morgan fingerprint density at radius 3 is 2.83 bits per heavy atom. The quantitative estimate of drug-likeness (QED) is 0.816. The number of nitrogens with zero attached hydrogens (tertiary/aromatic N) is 4. The van der Waals surface area contributed by atoms with E-state index in [0.29, 0.717) is 25.6 Å². The minimum atomic E-state index is -0.302. The van der Waals surface area contributed by atoms with Crippen molar-refractivity contribution in [2.75, 3.05) is 31.2 Å². The van der Waals surface area contributed by atoms with Gasteiger partial charge in [-0.1, -0.05) is 6.07 Å². The standard InChI is InChI=1S/C16H19N5O3/c22-15(18-11-13-2-1-5-17-10-13)12-21-16(23)4-3-14(19-21)20-6-8-24-9-7-20/h1-5,10H,6-9,11-12H2,(H,18,22). The third-order valence-electron chi connectivity index (χ3n) is 3.69. The zero-order valence-corrected chi connectivity index (χ0v) is 13.2. The molecule has 0 spiro atoms. The molecule has 1 saturated heterocycles. The average Bonchev–Trinajstić information content (AvgIpc) is 2.63. The first-order chi connectivity index (χ1) is 11.7. The Bertz CT molecular complexity index is 741. The molecule has 0 unspecified atom stereocenters. The van der Waals surface area contributed by atoms with Crippen molar-refractivity contribution >= 4 is 11.7 Å². The van der Waals surface area contributed by atoms with Gasteiger partial charge in [-0.25, -0.2) is 4.68 Å². The zero-order valence-electron chi connectivity index (χ0n) is 13.2. The van der Waals surface area contributed by atoms with Crippen LogP contribution in [0.2, 0.25) is 0 Å². The van der Waals surface area contributed by atoms with E-state index in [1.54, 1.807) is 24.5 Å². The van der Waals surface area contributed by atoms with Crippen LogP contribution in [0.3, 0.4) is 0 Å². The average molecular weight is 329 g/mol. The smallest absolute Gasteiger partial charge is 0.267 e. The molecule has 1 N–H and O–H groups in total. The molecule has 24 heavy (non-hydrogen) atoms.